The monoisotopic (exact) mass is 535 g/mol. The van der Waals surface area contributed by atoms with Gasteiger partial charge in [-0.25, -0.2) is 0 Å². The third kappa shape index (κ3) is 5.87. The minimum absolute atomic E-state index is 0.251. The molecule has 200 valence electrons. The number of benzene rings is 2. The Kier molecular flexibility index (Phi) is 6.81. The predicted molar refractivity (Wildman–Crippen MR) is 130 cm³/mol. The molecule has 0 aliphatic carbocycles. The van der Waals surface area contributed by atoms with E-state index in [1.165, 1.54) is 22.8 Å². The topological polar surface area (TPSA) is 59.3 Å². The summed E-state index contributed by atoms with van der Waals surface area (Å²) >= 11 is 0. The first-order valence-corrected chi connectivity index (χ1v) is 11.3. The van der Waals surface area contributed by atoms with Gasteiger partial charge in [-0.05, 0) is 74.4 Å². The van der Waals surface area contributed by atoms with Crippen molar-refractivity contribution in [1.82, 2.24) is 9.55 Å². The number of hydrogen-bond acceptors (Lipinski definition) is 4. The highest BCUT2D eigenvalue weighted by molar-refractivity contribution is 5.75. The molecule has 0 spiro atoms. The van der Waals surface area contributed by atoms with Gasteiger partial charge in [-0.2, -0.15) is 13.2 Å². The number of aromatic hydroxyl groups is 1. The van der Waals surface area contributed by atoms with Gasteiger partial charge in [0.15, 0.2) is 0 Å². The number of aromatic nitrogens is 2. The molecule has 11 heteroatoms. The van der Waals surface area contributed by atoms with Crippen LogP contribution in [-0.2, 0) is 11.7 Å². The van der Waals surface area contributed by atoms with E-state index in [1.807, 2.05) is 31.2 Å². The van der Waals surface area contributed by atoms with Crippen LogP contribution in [0.3, 0.4) is 0 Å². The highest BCUT2D eigenvalue weighted by Crippen LogP contribution is 2.41. The smallest absolute Gasteiger partial charge is 0.493 e. The van der Waals surface area contributed by atoms with E-state index in [1.54, 1.807) is 19.9 Å². The highest BCUT2D eigenvalue weighted by atomic mass is 19.4. The van der Waals surface area contributed by atoms with Crippen LogP contribution in [0, 0.1) is 6.92 Å². The fourth-order valence-electron chi connectivity index (χ4n) is 4.01. The first-order valence-electron chi connectivity index (χ1n) is 11.3. The van der Waals surface area contributed by atoms with E-state index in [2.05, 4.69) is 15.0 Å². The summed E-state index contributed by atoms with van der Waals surface area (Å²) in [5, 5.41) is 14.4. The molecule has 0 atom stereocenters. The molecule has 38 heavy (non-hydrogen) atoms. The number of halogens is 6. The van der Waals surface area contributed by atoms with Crippen LogP contribution in [-0.4, -0.2) is 21.0 Å². The van der Waals surface area contributed by atoms with Gasteiger partial charge in [-0.1, -0.05) is 29.8 Å². The number of rotatable bonds is 6. The van der Waals surface area contributed by atoms with Gasteiger partial charge >= 0.3 is 12.5 Å². The molecular formula is C27H23F6N3O2. The molecule has 0 unspecified atom stereocenters. The van der Waals surface area contributed by atoms with Gasteiger partial charge in [0, 0.05) is 11.9 Å². The van der Waals surface area contributed by atoms with Crippen molar-refractivity contribution in [2.75, 3.05) is 5.32 Å². The van der Waals surface area contributed by atoms with Gasteiger partial charge < -0.3 is 15.2 Å². The maximum atomic E-state index is 12.9. The zero-order chi connectivity index (χ0) is 27.9. The second-order valence-corrected chi connectivity index (χ2v) is 9.19. The molecule has 0 aliphatic heterocycles. The number of pyridine rings is 1. The summed E-state index contributed by atoms with van der Waals surface area (Å²) in [6.07, 6.45) is -8.31. The molecule has 2 heterocycles. The van der Waals surface area contributed by atoms with Crippen LogP contribution in [0.2, 0.25) is 0 Å². The van der Waals surface area contributed by atoms with Crippen LogP contribution < -0.4 is 10.1 Å². The summed E-state index contributed by atoms with van der Waals surface area (Å²) in [6.45, 7) is 5.31. The summed E-state index contributed by atoms with van der Waals surface area (Å²) in [6, 6.07) is 16.2. The molecule has 4 rings (SSSR count). The minimum atomic E-state index is -4.85. The third-order valence-corrected chi connectivity index (χ3v) is 5.84. The number of nitrogens with one attached hydrogen (secondary N) is 1. The van der Waals surface area contributed by atoms with Crippen LogP contribution in [0.25, 0.3) is 16.9 Å². The summed E-state index contributed by atoms with van der Waals surface area (Å²) in [5.41, 5.74) is 1.24. The van der Waals surface area contributed by atoms with Crippen molar-refractivity contribution in [3.05, 3.63) is 89.7 Å². The Morgan fingerprint density at radius 3 is 2.13 bits per heavy atom. The third-order valence-electron chi connectivity index (χ3n) is 5.84. The summed E-state index contributed by atoms with van der Waals surface area (Å²) in [7, 11) is 0. The molecular weight excluding hydrogens is 512 g/mol. The average molecular weight is 535 g/mol. The quantitative estimate of drug-likeness (QED) is 0.247. The second-order valence-electron chi connectivity index (χ2n) is 9.19. The number of nitrogens with zero attached hydrogens (tertiary/aromatic N) is 2. The van der Waals surface area contributed by atoms with Crippen LogP contribution in [0.1, 0.15) is 30.7 Å². The van der Waals surface area contributed by atoms with E-state index in [4.69, 9.17) is 0 Å². The lowest BCUT2D eigenvalue weighted by molar-refractivity contribution is -0.274. The molecule has 0 saturated heterocycles. The Labute approximate surface area is 214 Å². The van der Waals surface area contributed by atoms with Crippen molar-refractivity contribution in [2.24, 2.45) is 0 Å². The van der Waals surface area contributed by atoms with Crippen molar-refractivity contribution < 1.29 is 36.2 Å². The van der Waals surface area contributed by atoms with E-state index in [9.17, 15) is 31.4 Å². The fourth-order valence-corrected chi connectivity index (χ4v) is 4.01. The minimum Gasteiger partial charge on any atom is -0.493 e. The number of alkyl halides is 6. The molecule has 0 saturated carbocycles. The van der Waals surface area contributed by atoms with Gasteiger partial charge in [0.05, 0.1) is 16.9 Å². The summed E-state index contributed by atoms with van der Waals surface area (Å²) < 4.78 is 82.0. The average Bonchev–Trinajstić information content (AvgIpc) is 3.13. The zero-order valence-corrected chi connectivity index (χ0v) is 20.4. The molecule has 2 aromatic carbocycles. The number of aryl methyl sites for hydroxylation is 1. The van der Waals surface area contributed by atoms with Crippen molar-refractivity contribution in [3.8, 4) is 28.6 Å². The molecule has 0 bridgehead atoms. The summed E-state index contributed by atoms with van der Waals surface area (Å²) in [5.74, 6) is -0.668. The van der Waals surface area contributed by atoms with Crippen molar-refractivity contribution in [1.29, 1.82) is 0 Å². The Bertz CT molecular complexity index is 1420. The second kappa shape index (κ2) is 9.62. The Morgan fingerprint density at radius 1 is 0.895 bits per heavy atom. The van der Waals surface area contributed by atoms with Crippen molar-refractivity contribution in [3.63, 3.8) is 0 Å². The number of hydrogen-bond donors (Lipinski definition) is 2. The standard InChI is InChI=1S/C27H23F6N3O2/c1-16-5-4-6-17(13-16)22-14-21(35-25(2,3)18-7-12-23(34-15-18)26(28,29)30)24(37)36(22)19-8-10-20(11-9-19)38-27(31,32)33/h4-15,35,37H,1-3H3. The molecule has 4 aromatic rings. The molecule has 2 N–H and O–H groups in total. The van der Waals surface area contributed by atoms with E-state index < -0.39 is 29.5 Å². The van der Waals surface area contributed by atoms with Gasteiger partial charge in [0.2, 0.25) is 5.88 Å². The maximum Gasteiger partial charge on any atom is 0.573 e. The van der Waals surface area contributed by atoms with E-state index in [-0.39, 0.29) is 11.6 Å². The lowest BCUT2D eigenvalue weighted by Crippen LogP contribution is -2.28. The lowest BCUT2D eigenvalue weighted by Gasteiger charge is -2.27. The first kappa shape index (κ1) is 26.9. The Hall–Kier alpha value is -4.15. The molecule has 5 nitrogen and oxygen atoms in total. The lowest BCUT2D eigenvalue weighted by atomic mass is 9.95. The molecule has 2 aromatic heterocycles. The first-order chi connectivity index (χ1) is 17.6. The number of anilines is 1. The van der Waals surface area contributed by atoms with Gasteiger partial charge in [0.25, 0.3) is 0 Å². The normalized spacial score (nSPS) is 12.4. The van der Waals surface area contributed by atoms with Gasteiger partial charge in [-0.3, -0.25) is 9.55 Å². The summed E-state index contributed by atoms with van der Waals surface area (Å²) in [4.78, 5) is 3.52. The molecule has 0 radical (unpaired) electrons. The Morgan fingerprint density at radius 2 is 1.58 bits per heavy atom. The van der Waals surface area contributed by atoms with Gasteiger partial charge in [0.1, 0.15) is 11.4 Å². The van der Waals surface area contributed by atoms with Crippen LogP contribution in [0.15, 0.2) is 72.9 Å². The Balaban J connectivity index is 1.75. The van der Waals surface area contributed by atoms with Crippen LogP contribution in [0.4, 0.5) is 32.0 Å². The van der Waals surface area contributed by atoms with E-state index in [0.717, 1.165) is 35.5 Å². The van der Waals surface area contributed by atoms with E-state index in [0.29, 0.717) is 16.9 Å². The van der Waals surface area contributed by atoms with Crippen LogP contribution in [0.5, 0.6) is 11.6 Å². The van der Waals surface area contributed by atoms with Crippen molar-refractivity contribution in [2.45, 2.75) is 38.8 Å². The van der Waals surface area contributed by atoms with E-state index >= 15 is 0 Å². The highest BCUT2D eigenvalue weighted by Gasteiger charge is 2.33. The van der Waals surface area contributed by atoms with Crippen LogP contribution >= 0.6 is 0 Å². The largest absolute Gasteiger partial charge is 0.573 e. The van der Waals surface area contributed by atoms with Crippen molar-refractivity contribution >= 4 is 5.69 Å². The number of ether oxygens (including phenoxy) is 1. The molecule has 0 fully saturated rings. The molecule has 0 aliphatic rings. The predicted octanol–water partition coefficient (Wildman–Crippen LogP) is 7.82. The zero-order valence-electron chi connectivity index (χ0n) is 20.4. The SMILES string of the molecule is Cc1cccc(-c2cc(NC(C)(C)c3ccc(C(F)(F)F)nc3)c(O)n2-c2ccc(OC(F)(F)F)cc2)c1. The molecule has 0 amide bonds. The fraction of sp³-hybridized carbons (Fsp3) is 0.222. The van der Waals surface area contributed by atoms with Gasteiger partial charge in [-0.15, -0.1) is 13.2 Å². The maximum absolute atomic E-state index is 12.9.